The van der Waals surface area contributed by atoms with Crippen LogP contribution in [0.25, 0.3) is 0 Å². The van der Waals surface area contributed by atoms with Gasteiger partial charge in [-0.1, -0.05) is 84.2 Å². The number of aryl methyl sites for hydroxylation is 1. The summed E-state index contributed by atoms with van der Waals surface area (Å²) in [5.41, 5.74) is 0. The summed E-state index contributed by atoms with van der Waals surface area (Å²) < 4.78 is 25.3. The van der Waals surface area contributed by atoms with Gasteiger partial charge in [-0.05, 0) is 76.2 Å². The first-order valence-electron chi connectivity index (χ1n) is 15.5. The summed E-state index contributed by atoms with van der Waals surface area (Å²) in [6.07, 6.45) is 4.93. The molecule has 0 N–H and O–H groups in total. The van der Waals surface area contributed by atoms with Gasteiger partial charge in [-0.3, -0.25) is 4.90 Å². The summed E-state index contributed by atoms with van der Waals surface area (Å²) in [5.74, 6) is 5.14. The molecule has 2 aliphatic rings. The van der Waals surface area contributed by atoms with Crippen LogP contribution in [0.5, 0.6) is 0 Å². The van der Waals surface area contributed by atoms with Crippen molar-refractivity contribution in [2.24, 2.45) is 29.6 Å². The maximum Gasteiger partial charge on any atom is 0.519 e. The average molecular weight is 618 g/mol. The number of ether oxygens (including phenoxy) is 3. The fourth-order valence-corrected chi connectivity index (χ4v) is 4.03. The molecule has 3 heterocycles. The maximum absolute atomic E-state index is 10.6. The highest BCUT2D eigenvalue weighted by atomic mass is 16.6. The molecule has 0 aromatic carbocycles. The smallest absolute Gasteiger partial charge is 0.496 e. The fraction of sp³-hybridized carbons (Fsp3) is 0.861. The lowest BCUT2D eigenvalue weighted by Gasteiger charge is -2.26. The van der Waals surface area contributed by atoms with Gasteiger partial charge in [0, 0.05) is 32.7 Å². The van der Waals surface area contributed by atoms with E-state index in [0.717, 1.165) is 69.5 Å². The third-order valence-electron chi connectivity index (χ3n) is 7.09. The highest BCUT2D eigenvalue weighted by Crippen LogP contribution is 2.22. The highest BCUT2D eigenvalue weighted by Gasteiger charge is 2.16. The molecule has 3 rings (SSSR count). The number of hydrogen-bond donors (Lipinski definition) is 0. The van der Waals surface area contributed by atoms with E-state index in [2.05, 4.69) is 73.8 Å². The third-order valence-corrected chi connectivity index (χ3v) is 7.09. The molecular formula is C36H75NO6. The fourth-order valence-electron chi connectivity index (χ4n) is 4.03. The van der Waals surface area contributed by atoms with E-state index in [-0.39, 0.29) is 22.3 Å². The minimum atomic E-state index is -0.599. The van der Waals surface area contributed by atoms with Gasteiger partial charge in [0.1, 0.15) is 11.5 Å². The average Bonchev–Trinajstić information content (AvgIpc) is 3.20. The molecule has 43 heavy (non-hydrogen) atoms. The molecule has 7 nitrogen and oxygen atoms in total. The van der Waals surface area contributed by atoms with Gasteiger partial charge in [0.25, 0.3) is 0 Å². The van der Waals surface area contributed by atoms with Gasteiger partial charge >= 0.3 is 5.82 Å². The lowest BCUT2D eigenvalue weighted by Crippen LogP contribution is -2.37. The van der Waals surface area contributed by atoms with Gasteiger partial charge in [0.05, 0.1) is 25.1 Å². The summed E-state index contributed by atoms with van der Waals surface area (Å²) in [6.45, 7) is 34.2. The van der Waals surface area contributed by atoms with Crippen molar-refractivity contribution in [1.82, 2.24) is 4.90 Å². The molecule has 2 aliphatic heterocycles. The Bertz CT molecular complexity index is 799. The number of allylic oxidation sites excluding steroid dienone is 1. The summed E-state index contributed by atoms with van der Waals surface area (Å²) >= 11 is 0. The van der Waals surface area contributed by atoms with Crippen LogP contribution < -0.4 is 5.82 Å². The largest absolute Gasteiger partial charge is 0.519 e. The van der Waals surface area contributed by atoms with Gasteiger partial charge in [0.2, 0.25) is 0 Å². The number of hydrogen-bond acceptors (Lipinski definition) is 7. The van der Waals surface area contributed by atoms with Crippen molar-refractivity contribution in [3.8, 4) is 0 Å². The Labute approximate surface area is 268 Å². The second kappa shape index (κ2) is 27.9. The van der Waals surface area contributed by atoms with E-state index in [0.29, 0.717) is 29.5 Å². The van der Waals surface area contributed by atoms with Crippen molar-refractivity contribution in [3.63, 3.8) is 0 Å². The monoisotopic (exact) mass is 618 g/mol. The first kappa shape index (κ1) is 48.3. The zero-order valence-corrected chi connectivity index (χ0v) is 27.8. The predicted molar refractivity (Wildman–Crippen MR) is 186 cm³/mol. The predicted octanol–water partition coefficient (Wildman–Crippen LogP) is 9.66. The van der Waals surface area contributed by atoms with Crippen LogP contribution in [0.15, 0.2) is 26.0 Å². The molecule has 1 unspecified atom stereocenters. The SMILES string of the molecule is C.C.C.C=C(C)OC(C)C(C)C.CC(C)C1CCOCC1.CC(C)CCN1CCOCC1.Cc1oc(=O)oc1CC(C)C. The van der Waals surface area contributed by atoms with Crippen LogP contribution in [0.2, 0.25) is 0 Å². The van der Waals surface area contributed by atoms with Crippen molar-refractivity contribution in [1.29, 1.82) is 0 Å². The van der Waals surface area contributed by atoms with Gasteiger partial charge in [-0.2, -0.15) is 0 Å². The van der Waals surface area contributed by atoms with E-state index in [1.807, 2.05) is 6.92 Å². The van der Waals surface area contributed by atoms with Gasteiger partial charge in [-0.15, -0.1) is 0 Å². The van der Waals surface area contributed by atoms with Gasteiger partial charge in [-0.25, -0.2) is 4.79 Å². The third kappa shape index (κ3) is 26.5. The Morgan fingerprint density at radius 2 is 1.37 bits per heavy atom. The topological polar surface area (TPSA) is 74.3 Å². The zero-order chi connectivity index (χ0) is 30.7. The minimum absolute atomic E-state index is 0. The van der Waals surface area contributed by atoms with Crippen LogP contribution in [-0.2, 0) is 20.6 Å². The summed E-state index contributed by atoms with van der Waals surface area (Å²) in [7, 11) is 0. The van der Waals surface area contributed by atoms with Crippen LogP contribution in [0.4, 0.5) is 0 Å². The Morgan fingerprint density at radius 1 is 0.860 bits per heavy atom. The molecule has 0 bridgehead atoms. The van der Waals surface area contributed by atoms with Crippen molar-refractivity contribution in [2.75, 3.05) is 46.1 Å². The molecule has 0 radical (unpaired) electrons. The minimum Gasteiger partial charge on any atom is -0.496 e. The number of rotatable bonds is 9. The normalized spacial score (nSPS) is 15.8. The Hall–Kier alpha value is -1.57. The Kier molecular flexibility index (Phi) is 31.4. The quantitative estimate of drug-likeness (QED) is 0.255. The second-order valence-electron chi connectivity index (χ2n) is 12.6. The Balaban J connectivity index is -0.000000232. The van der Waals surface area contributed by atoms with Crippen molar-refractivity contribution < 1.29 is 23.0 Å². The van der Waals surface area contributed by atoms with E-state index in [4.69, 9.17) is 23.0 Å². The molecule has 1 aromatic heterocycles. The first-order chi connectivity index (χ1) is 18.7. The molecule has 0 saturated carbocycles. The van der Waals surface area contributed by atoms with E-state index < -0.39 is 5.82 Å². The molecule has 7 heteroatoms. The van der Waals surface area contributed by atoms with Crippen molar-refractivity contribution >= 4 is 0 Å². The van der Waals surface area contributed by atoms with E-state index >= 15 is 0 Å². The maximum atomic E-state index is 10.6. The van der Waals surface area contributed by atoms with E-state index in [1.54, 1.807) is 6.92 Å². The van der Waals surface area contributed by atoms with E-state index in [1.165, 1.54) is 25.8 Å². The van der Waals surface area contributed by atoms with Crippen LogP contribution >= 0.6 is 0 Å². The lowest BCUT2D eigenvalue weighted by molar-refractivity contribution is 0.0360. The number of morpholine rings is 1. The van der Waals surface area contributed by atoms with Crippen LogP contribution in [0, 0.1) is 36.5 Å². The molecule has 0 amide bonds. The Morgan fingerprint density at radius 3 is 1.70 bits per heavy atom. The van der Waals surface area contributed by atoms with Crippen molar-refractivity contribution in [2.45, 2.75) is 130 Å². The molecule has 1 atom stereocenters. The van der Waals surface area contributed by atoms with Crippen LogP contribution in [0.1, 0.15) is 122 Å². The second-order valence-corrected chi connectivity index (χ2v) is 12.6. The molecule has 260 valence electrons. The summed E-state index contributed by atoms with van der Waals surface area (Å²) in [4.78, 5) is 13.0. The van der Waals surface area contributed by atoms with Gasteiger partial charge < -0.3 is 23.0 Å². The standard InChI is InChI=1S/C9H19NO.C8H12O3.2C8H16O.3CH4/c1-9(2)3-4-10-5-7-11-8-6-10;1-5(2)4-7-6(3)10-8(9)11-7;1-7(2)8-3-5-9-6-4-8;1-6(2)8(5)9-7(3)4;;;/h9H,3-8H2,1-2H3;5H,4H2,1-3H3;7-8H,3-6H2,1-2H3;6,8H,3H2,1-2,4-5H3;3*1H4. The van der Waals surface area contributed by atoms with Crippen molar-refractivity contribution in [3.05, 3.63) is 34.5 Å². The van der Waals surface area contributed by atoms with Gasteiger partial charge in [0.15, 0.2) is 0 Å². The van der Waals surface area contributed by atoms with Crippen LogP contribution in [-0.4, -0.2) is 57.1 Å². The van der Waals surface area contributed by atoms with Crippen LogP contribution in [0.3, 0.4) is 0 Å². The molecule has 0 spiro atoms. The van der Waals surface area contributed by atoms with E-state index in [9.17, 15) is 4.79 Å². The molecule has 1 aromatic rings. The molecule has 2 fully saturated rings. The highest BCUT2D eigenvalue weighted by molar-refractivity contribution is 5.00. The molecule has 0 aliphatic carbocycles. The zero-order valence-electron chi connectivity index (χ0n) is 27.8. The first-order valence-corrected chi connectivity index (χ1v) is 15.5. The molecular weight excluding hydrogens is 542 g/mol. The summed E-state index contributed by atoms with van der Waals surface area (Å²) in [5, 5.41) is 0. The summed E-state index contributed by atoms with van der Waals surface area (Å²) in [6, 6.07) is 0. The molecule has 2 saturated heterocycles. The number of nitrogens with zero attached hydrogens (tertiary/aromatic N) is 1. The lowest BCUT2D eigenvalue weighted by atomic mass is 9.89.